The Balaban J connectivity index is 2.20. The van der Waals surface area contributed by atoms with Gasteiger partial charge in [0.05, 0.1) is 12.1 Å². The number of unbranched alkanes of at least 4 members (excludes halogenated alkanes) is 4. The van der Waals surface area contributed by atoms with E-state index < -0.39 is 0 Å². The van der Waals surface area contributed by atoms with E-state index in [4.69, 9.17) is 0 Å². The molecule has 98 valence electrons. The van der Waals surface area contributed by atoms with Crippen LogP contribution in [0.3, 0.4) is 0 Å². The maximum Gasteiger partial charge on any atom is 0.0978 e. The highest BCUT2D eigenvalue weighted by molar-refractivity contribution is 4.92. The molecule has 0 radical (unpaired) electrons. The molecule has 0 bridgehead atoms. The lowest BCUT2D eigenvalue weighted by Gasteiger charge is -2.24. The topological polar surface area (TPSA) is 39.1 Å². The van der Waals surface area contributed by atoms with Crippen LogP contribution in [-0.4, -0.2) is 37.1 Å². The number of hydrogen-bond donors (Lipinski definition) is 1. The van der Waals surface area contributed by atoms with Gasteiger partial charge in [-0.05, 0) is 19.4 Å². The lowest BCUT2D eigenvalue weighted by molar-refractivity contribution is 0.236. The van der Waals surface area contributed by atoms with E-state index in [0.717, 1.165) is 32.6 Å². The summed E-state index contributed by atoms with van der Waals surface area (Å²) in [6.45, 7) is 6.49. The van der Waals surface area contributed by atoms with Crippen LogP contribution in [0.5, 0.6) is 0 Å². The van der Waals surface area contributed by atoms with Crippen molar-refractivity contribution in [3.05, 3.63) is 0 Å². The summed E-state index contributed by atoms with van der Waals surface area (Å²) in [6, 6.07) is 2.64. The van der Waals surface area contributed by atoms with Crippen molar-refractivity contribution in [1.29, 1.82) is 5.26 Å². The van der Waals surface area contributed by atoms with Crippen LogP contribution in [-0.2, 0) is 0 Å². The Morgan fingerprint density at radius 1 is 1.18 bits per heavy atom. The fourth-order valence-corrected chi connectivity index (χ4v) is 2.45. The van der Waals surface area contributed by atoms with Crippen molar-refractivity contribution in [3.63, 3.8) is 0 Å². The van der Waals surface area contributed by atoms with Crippen LogP contribution < -0.4 is 5.32 Å². The molecule has 0 saturated carbocycles. The second-order valence-corrected chi connectivity index (χ2v) is 4.99. The lowest BCUT2D eigenvalue weighted by Crippen LogP contribution is -2.37. The zero-order chi connectivity index (χ0) is 12.3. The number of nitrogens with zero attached hydrogens (tertiary/aromatic N) is 2. The van der Waals surface area contributed by atoms with Crippen LogP contribution in [0, 0.1) is 11.3 Å². The van der Waals surface area contributed by atoms with Crippen LogP contribution in [0.2, 0.25) is 0 Å². The molecule has 1 aliphatic heterocycles. The zero-order valence-corrected chi connectivity index (χ0v) is 11.2. The Morgan fingerprint density at radius 2 is 2.00 bits per heavy atom. The van der Waals surface area contributed by atoms with Gasteiger partial charge in [-0.2, -0.15) is 5.26 Å². The molecule has 1 fully saturated rings. The van der Waals surface area contributed by atoms with E-state index >= 15 is 0 Å². The molecular formula is C14H27N3. The van der Waals surface area contributed by atoms with E-state index in [9.17, 15) is 5.26 Å². The molecule has 0 aliphatic carbocycles. The van der Waals surface area contributed by atoms with Gasteiger partial charge in [0.15, 0.2) is 0 Å². The average molecular weight is 237 g/mol. The van der Waals surface area contributed by atoms with Gasteiger partial charge >= 0.3 is 0 Å². The molecule has 1 heterocycles. The average Bonchev–Trinajstić information content (AvgIpc) is 2.63. The van der Waals surface area contributed by atoms with E-state index in [1.165, 1.54) is 38.5 Å². The molecule has 17 heavy (non-hydrogen) atoms. The lowest BCUT2D eigenvalue weighted by atomic mass is 10.1. The van der Waals surface area contributed by atoms with Crippen molar-refractivity contribution in [2.24, 2.45) is 0 Å². The Morgan fingerprint density at radius 3 is 2.76 bits per heavy atom. The van der Waals surface area contributed by atoms with Crippen LogP contribution in [0.15, 0.2) is 0 Å². The molecular weight excluding hydrogens is 210 g/mol. The Labute approximate surface area is 106 Å². The number of hydrogen-bond acceptors (Lipinski definition) is 3. The third-order valence-electron chi connectivity index (χ3n) is 3.55. The van der Waals surface area contributed by atoms with Crippen molar-refractivity contribution in [2.75, 3.05) is 26.2 Å². The molecule has 0 aromatic rings. The smallest absolute Gasteiger partial charge is 0.0978 e. The second-order valence-electron chi connectivity index (χ2n) is 4.99. The Bertz CT molecular complexity index is 214. The SMILES string of the molecule is CCCCCCCC(C#N)N1CCCNCC1. The van der Waals surface area contributed by atoms with Crippen LogP contribution in [0.4, 0.5) is 0 Å². The fraction of sp³-hybridized carbons (Fsp3) is 0.929. The molecule has 1 aliphatic rings. The van der Waals surface area contributed by atoms with Crippen molar-refractivity contribution >= 4 is 0 Å². The predicted octanol–water partition coefficient (Wildman–Crippen LogP) is 2.53. The summed E-state index contributed by atoms with van der Waals surface area (Å²) in [5.41, 5.74) is 0. The Hall–Kier alpha value is -0.590. The number of rotatable bonds is 7. The van der Waals surface area contributed by atoms with E-state index in [1.807, 2.05) is 0 Å². The minimum Gasteiger partial charge on any atom is -0.315 e. The fourth-order valence-electron chi connectivity index (χ4n) is 2.45. The predicted molar refractivity (Wildman–Crippen MR) is 71.8 cm³/mol. The van der Waals surface area contributed by atoms with Gasteiger partial charge in [0.2, 0.25) is 0 Å². The van der Waals surface area contributed by atoms with E-state index in [-0.39, 0.29) is 6.04 Å². The van der Waals surface area contributed by atoms with Gasteiger partial charge in [-0.15, -0.1) is 0 Å². The molecule has 0 aromatic carbocycles. The van der Waals surface area contributed by atoms with E-state index in [1.54, 1.807) is 0 Å². The first-order valence-electron chi connectivity index (χ1n) is 7.23. The van der Waals surface area contributed by atoms with Crippen molar-refractivity contribution in [3.8, 4) is 6.07 Å². The maximum atomic E-state index is 9.26. The molecule has 0 amide bonds. The normalized spacial score (nSPS) is 19.5. The minimum absolute atomic E-state index is 0.150. The first-order chi connectivity index (χ1) is 8.38. The maximum absolute atomic E-state index is 9.26. The van der Waals surface area contributed by atoms with Gasteiger partial charge in [-0.25, -0.2) is 0 Å². The highest BCUT2D eigenvalue weighted by Crippen LogP contribution is 2.12. The van der Waals surface area contributed by atoms with Crippen LogP contribution >= 0.6 is 0 Å². The molecule has 1 N–H and O–H groups in total. The molecule has 3 heteroatoms. The monoisotopic (exact) mass is 237 g/mol. The number of nitriles is 1. The van der Waals surface area contributed by atoms with Gasteiger partial charge in [-0.3, -0.25) is 4.90 Å². The summed E-state index contributed by atoms with van der Waals surface area (Å²) in [6.07, 6.45) is 8.69. The third kappa shape index (κ3) is 6.05. The molecule has 1 unspecified atom stereocenters. The quantitative estimate of drug-likeness (QED) is 0.692. The summed E-state index contributed by atoms with van der Waals surface area (Å²) >= 11 is 0. The van der Waals surface area contributed by atoms with Crippen LogP contribution in [0.25, 0.3) is 0 Å². The second kappa shape index (κ2) is 9.44. The Kier molecular flexibility index (Phi) is 8.04. The van der Waals surface area contributed by atoms with Crippen molar-refractivity contribution in [2.45, 2.75) is 57.9 Å². The molecule has 1 rings (SSSR count). The summed E-state index contributed by atoms with van der Waals surface area (Å²) in [5.74, 6) is 0. The van der Waals surface area contributed by atoms with Crippen molar-refractivity contribution < 1.29 is 0 Å². The summed E-state index contributed by atoms with van der Waals surface area (Å²) in [7, 11) is 0. The largest absolute Gasteiger partial charge is 0.315 e. The molecule has 0 spiro atoms. The molecule has 1 atom stereocenters. The highest BCUT2D eigenvalue weighted by atomic mass is 15.2. The summed E-state index contributed by atoms with van der Waals surface area (Å²) in [4.78, 5) is 2.36. The molecule has 3 nitrogen and oxygen atoms in total. The standard InChI is InChI=1S/C14H27N3/c1-2-3-4-5-6-8-14(13-15)17-11-7-9-16-10-12-17/h14,16H,2-12H2,1H3. The van der Waals surface area contributed by atoms with E-state index in [0.29, 0.717) is 0 Å². The van der Waals surface area contributed by atoms with Crippen molar-refractivity contribution in [1.82, 2.24) is 10.2 Å². The molecule has 0 aromatic heterocycles. The van der Waals surface area contributed by atoms with Gasteiger partial charge in [0.25, 0.3) is 0 Å². The first-order valence-corrected chi connectivity index (χ1v) is 7.23. The number of nitrogens with one attached hydrogen (secondary N) is 1. The van der Waals surface area contributed by atoms with Crippen LogP contribution in [0.1, 0.15) is 51.9 Å². The first kappa shape index (κ1) is 14.5. The summed E-state index contributed by atoms with van der Waals surface area (Å²) < 4.78 is 0. The zero-order valence-electron chi connectivity index (χ0n) is 11.2. The summed E-state index contributed by atoms with van der Waals surface area (Å²) in [5, 5.41) is 12.6. The van der Waals surface area contributed by atoms with Gasteiger partial charge < -0.3 is 5.32 Å². The minimum atomic E-state index is 0.150. The highest BCUT2D eigenvalue weighted by Gasteiger charge is 2.18. The van der Waals surface area contributed by atoms with Gasteiger partial charge in [0.1, 0.15) is 0 Å². The van der Waals surface area contributed by atoms with Gasteiger partial charge in [0, 0.05) is 19.6 Å². The molecule has 1 saturated heterocycles. The van der Waals surface area contributed by atoms with Gasteiger partial charge in [-0.1, -0.05) is 39.0 Å². The third-order valence-corrected chi connectivity index (χ3v) is 3.55. The van der Waals surface area contributed by atoms with E-state index in [2.05, 4.69) is 23.2 Å².